The first-order valence-electron chi connectivity index (χ1n) is 4.13. The molecule has 0 saturated carbocycles. The van der Waals surface area contributed by atoms with E-state index in [-0.39, 0.29) is 5.56 Å². The Kier molecular flexibility index (Phi) is 3.36. The maximum Gasteiger partial charge on any atom is 0.573 e. The minimum absolute atomic E-state index is 0.261. The summed E-state index contributed by atoms with van der Waals surface area (Å²) in [5.41, 5.74) is 8.95. The summed E-state index contributed by atoms with van der Waals surface area (Å²) in [5, 5.41) is 10.6. The van der Waals surface area contributed by atoms with Crippen LogP contribution in [-0.4, -0.2) is 16.3 Å². The molecule has 0 aromatic carbocycles. The van der Waals surface area contributed by atoms with Gasteiger partial charge in [0.2, 0.25) is 11.6 Å². The summed E-state index contributed by atoms with van der Waals surface area (Å²) in [6.07, 6.45) is -4.19. The molecule has 17 heavy (non-hydrogen) atoms. The van der Waals surface area contributed by atoms with Crippen LogP contribution >= 0.6 is 0 Å². The van der Waals surface area contributed by atoms with Gasteiger partial charge in [0.05, 0.1) is 4.92 Å². The fourth-order valence-electron chi connectivity index (χ4n) is 1.09. The van der Waals surface area contributed by atoms with Crippen molar-refractivity contribution in [2.24, 2.45) is 5.73 Å². The van der Waals surface area contributed by atoms with E-state index in [1.807, 2.05) is 0 Å². The first kappa shape index (κ1) is 13.0. The highest BCUT2D eigenvalue weighted by atomic mass is 19.4. The molecule has 10 heteroatoms. The average molecular weight is 252 g/mol. The number of nitrogen functional groups attached to an aromatic ring is 1. The summed E-state index contributed by atoms with van der Waals surface area (Å²) >= 11 is 0. The number of aromatic nitrogens is 1. The van der Waals surface area contributed by atoms with E-state index in [0.717, 1.165) is 6.20 Å². The van der Waals surface area contributed by atoms with E-state index in [1.165, 1.54) is 0 Å². The molecule has 0 saturated heterocycles. The molecule has 0 spiro atoms. The molecule has 7 nitrogen and oxygen atoms in total. The van der Waals surface area contributed by atoms with Gasteiger partial charge in [-0.2, -0.15) is 0 Å². The maximum absolute atomic E-state index is 12.1. The second-order valence-electron chi connectivity index (χ2n) is 2.86. The third-order valence-electron chi connectivity index (χ3n) is 1.73. The standard InChI is InChI=1S/C7H7F3N4O3/c8-7(9,10)17-5-3(1-11)2-13-6(12)4(5)14(15)16/h2H,1,11H2,(H2,12,13). The Morgan fingerprint density at radius 3 is 2.53 bits per heavy atom. The van der Waals surface area contributed by atoms with E-state index < -0.39 is 35.1 Å². The molecule has 0 aliphatic rings. The van der Waals surface area contributed by atoms with Crippen LogP contribution in [0.3, 0.4) is 0 Å². The maximum atomic E-state index is 12.1. The third kappa shape index (κ3) is 2.93. The van der Waals surface area contributed by atoms with Crippen LogP contribution < -0.4 is 16.2 Å². The van der Waals surface area contributed by atoms with Gasteiger partial charge in [0.1, 0.15) is 0 Å². The second-order valence-corrected chi connectivity index (χ2v) is 2.86. The summed E-state index contributed by atoms with van der Waals surface area (Å²) in [4.78, 5) is 12.9. The second kappa shape index (κ2) is 4.41. The molecule has 1 heterocycles. The highest BCUT2D eigenvalue weighted by Gasteiger charge is 2.37. The molecular formula is C7H7F3N4O3. The van der Waals surface area contributed by atoms with Crippen molar-refractivity contribution in [3.63, 3.8) is 0 Å². The lowest BCUT2D eigenvalue weighted by Gasteiger charge is -2.12. The van der Waals surface area contributed by atoms with Gasteiger partial charge in [-0.3, -0.25) is 10.1 Å². The van der Waals surface area contributed by atoms with Crippen molar-refractivity contribution >= 4 is 11.5 Å². The fraction of sp³-hybridized carbons (Fsp3) is 0.286. The minimum atomic E-state index is -5.08. The Morgan fingerprint density at radius 2 is 2.12 bits per heavy atom. The molecule has 94 valence electrons. The van der Waals surface area contributed by atoms with Gasteiger partial charge < -0.3 is 16.2 Å². The first-order chi connectivity index (χ1) is 7.76. The predicted octanol–water partition coefficient (Wildman–Crippen LogP) is 0.929. The van der Waals surface area contributed by atoms with Crippen LogP contribution in [0.2, 0.25) is 0 Å². The van der Waals surface area contributed by atoms with Gasteiger partial charge in [-0.15, -0.1) is 13.2 Å². The summed E-state index contributed by atoms with van der Waals surface area (Å²) in [6, 6.07) is 0. The van der Waals surface area contributed by atoms with Crippen LogP contribution in [0.4, 0.5) is 24.7 Å². The molecule has 0 aliphatic heterocycles. The molecule has 0 atom stereocenters. The molecule has 0 bridgehead atoms. The summed E-state index contributed by atoms with van der Waals surface area (Å²) in [6.45, 7) is -0.403. The molecule has 0 amide bonds. The minimum Gasteiger partial charge on any atom is -0.398 e. The number of pyridine rings is 1. The molecule has 4 N–H and O–H groups in total. The van der Waals surface area contributed by atoms with Crippen LogP contribution in [0.5, 0.6) is 5.75 Å². The van der Waals surface area contributed by atoms with E-state index in [0.29, 0.717) is 0 Å². The zero-order valence-electron chi connectivity index (χ0n) is 8.19. The molecule has 0 fully saturated rings. The molecule has 1 aromatic heterocycles. The van der Waals surface area contributed by atoms with Gasteiger partial charge in [-0.1, -0.05) is 0 Å². The summed E-state index contributed by atoms with van der Waals surface area (Å²) in [5.74, 6) is -1.70. The van der Waals surface area contributed by atoms with Crippen molar-refractivity contribution in [3.05, 3.63) is 21.9 Å². The third-order valence-corrected chi connectivity index (χ3v) is 1.73. The number of hydrogen-bond donors (Lipinski definition) is 2. The van der Waals surface area contributed by atoms with Crippen molar-refractivity contribution in [1.29, 1.82) is 0 Å². The topological polar surface area (TPSA) is 117 Å². The van der Waals surface area contributed by atoms with Crippen molar-refractivity contribution in [3.8, 4) is 5.75 Å². The average Bonchev–Trinajstić information content (AvgIpc) is 2.15. The predicted molar refractivity (Wildman–Crippen MR) is 49.9 cm³/mol. The smallest absolute Gasteiger partial charge is 0.398 e. The number of ether oxygens (including phenoxy) is 1. The van der Waals surface area contributed by atoms with Crippen LogP contribution in [-0.2, 0) is 6.54 Å². The Balaban J connectivity index is 3.40. The number of nitrogens with two attached hydrogens (primary N) is 2. The number of rotatable bonds is 3. The van der Waals surface area contributed by atoms with Gasteiger partial charge in [-0.25, -0.2) is 4.98 Å². The highest BCUT2D eigenvalue weighted by molar-refractivity contribution is 5.64. The van der Waals surface area contributed by atoms with E-state index in [4.69, 9.17) is 11.5 Å². The van der Waals surface area contributed by atoms with Crippen molar-refractivity contribution < 1.29 is 22.8 Å². The monoisotopic (exact) mass is 252 g/mol. The Hall–Kier alpha value is -2.10. The SMILES string of the molecule is NCc1cnc(N)c([N+](=O)[O-])c1OC(F)(F)F. The number of nitro groups is 1. The van der Waals surface area contributed by atoms with Crippen molar-refractivity contribution in [1.82, 2.24) is 4.98 Å². The Morgan fingerprint density at radius 1 is 1.53 bits per heavy atom. The van der Waals surface area contributed by atoms with Gasteiger partial charge in [-0.05, 0) is 0 Å². The first-order valence-corrected chi connectivity index (χ1v) is 4.13. The van der Waals surface area contributed by atoms with Crippen LogP contribution in [0.25, 0.3) is 0 Å². The van der Waals surface area contributed by atoms with Crippen LogP contribution in [0, 0.1) is 10.1 Å². The van der Waals surface area contributed by atoms with Gasteiger partial charge in [0.25, 0.3) is 0 Å². The number of nitrogens with zero attached hydrogens (tertiary/aromatic N) is 2. The molecular weight excluding hydrogens is 245 g/mol. The van der Waals surface area contributed by atoms with Crippen LogP contribution in [0.1, 0.15) is 5.56 Å². The molecule has 0 aliphatic carbocycles. The largest absolute Gasteiger partial charge is 0.573 e. The number of halogens is 3. The lowest BCUT2D eigenvalue weighted by molar-refractivity contribution is -0.388. The van der Waals surface area contributed by atoms with Gasteiger partial charge >= 0.3 is 12.0 Å². The van der Waals surface area contributed by atoms with E-state index in [2.05, 4.69) is 9.72 Å². The number of anilines is 1. The van der Waals surface area contributed by atoms with Gasteiger partial charge in [0, 0.05) is 18.3 Å². The van der Waals surface area contributed by atoms with Crippen molar-refractivity contribution in [2.45, 2.75) is 12.9 Å². The lowest BCUT2D eigenvalue weighted by Crippen LogP contribution is -2.20. The zero-order valence-corrected chi connectivity index (χ0v) is 8.19. The Labute approximate surface area is 92.3 Å². The summed E-state index contributed by atoms with van der Waals surface area (Å²) in [7, 11) is 0. The quantitative estimate of drug-likeness (QED) is 0.610. The lowest BCUT2D eigenvalue weighted by atomic mass is 10.2. The number of alkyl halides is 3. The van der Waals surface area contributed by atoms with E-state index in [1.54, 1.807) is 0 Å². The number of hydrogen-bond acceptors (Lipinski definition) is 6. The fourth-order valence-corrected chi connectivity index (χ4v) is 1.09. The van der Waals surface area contributed by atoms with E-state index >= 15 is 0 Å². The summed E-state index contributed by atoms with van der Waals surface area (Å²) < 4.78 is 39.8. The normalized spacial score (nSPS) is 11.3. The highest BCUT2D eigenvalue weighted by Crippen LogP contribution is 2.37. The van der Waals surface area contributed by atoms with Crippen LogP contribution in [0.15, 0.2) is 6.20 Å². The molecule has 1 rings (SSSR count). The van der Waals surface area contributed by atoms with Crippen molar-refractivity contribution in [2.75, 3.05) is 5.73 Å². The van der Waals surface area contributed by atoms with Gasteiger partial charge in [0.15, 0.2) is 0 Å². The molecule has 0 unspecified atom stereocenters. The Bertz CT molecular complexity index is 449. The molecule has 1 aromatic rings. The van der Waals surface area contributed by atoms with E-state index in [9.17, 15) is 23.3 Å². The zero-order chi connectivity index (χ0) is 13.2. The molecule has 0 radical (unpaired) electrons.